The van der Waals surface area contributed by atoms with Gasteiger partial charge < -0.3 is 30.6 Å². The van der Waals surface area contributed by atoms with Crippen LogP contribution < -0.4 is 0 Å². The normalized spacial score (nSPS) is 23.3. The highest BCUT2D eigenvalue weighted by Gasteiger charge is 2.35. The van der Waals surface area contributed by atoms with Gasteiger partial charge in [-0.3, -0.25) is 0 Å². The van der Waals surface area contributed by atoms with Crippen LogP contribution in [0.3, 0.4) is 0 Å². The summed E-state index contributed by atoms with van der Waals surface area (Å²) in [6.07, 6.45) is 13.8. The molecule has 0 aliphatic heterocycles. The lowest BCUT2D eigenvalue weighted by atomic mass is 9.89. The first-order valence-corrected chi connectivity index (χ1v) is 14.8. The van der Waals surface area contributed by atoms with E-state index in [1.165, 1.54) is 12.2 Å². The summed E-state index contributed by atoms with van der Waals surface area (Å²) in [5.74, 6) is -1.96. The molecule has 4 rings (SSSR count). The highest BCUT2D eigenvalue weighted by Crippen LogP contribution is 2.28. The van der Waals surface area contributed by atoms with E-state index < -0.39 is 47.8 Å². The van der Waals surface area contributed by atoms with Crippen LogP contribution in [-0.4, -0.2) is 55.1 Å². The lowest BCUT2D eigenvalue weighted by Gasteiger charge is -2.27. The summed E-state index contributed by atoms with van der Waals surface area (Å²) in [4.78, 5) is 0. The van der Waals surface area contributed by atoms with Gasteiger partial charge in [-0.2, -0.15) is 0 Å². The van der Waals surface area contributed by atoms with Crippen molar-refractivity contribution in [2.24, 2.45) is 11.8 Å². The molecule has 0 amide bonds. The van der Waals surface area contributed by atoms with E-state index in [9.17, 15) is 30.6 Å². The maximum atomic E-state index is 10.7. The molecule has 2 aromatic carbocycles. The summed E-state index contributed by atoms with van der Waals surface area (Å²) in [6, 6.07) is 12.2. The van der Waals surface area contributed by atoms with Crippen molar-refractivity contribution in [1.29, 1.82) is 0 Å². The Kier molecular flexibility index (Phi) is 10.8. The Morgan fingerprint density at radius 2 is 0.977 bits per heavy atom. The minimum atomic E-state index is -1.99. The van der Waals surface area contributed by atoms with Crippen LogP contribution in [0.15, 0.2) is 120 Å². The van der Waals surface area contributed by atoms with Crippen LogP contribution >= 0.6 is 0 Å². The van der Waals surface area contributed by atoms with Crippen LogP contribution in [0.25, 0.3) is 12.2 Å². The van der Waals surface area contributed by atoms with E-state index in [4.69, 9.17) is 0 Å². The summed E-state index contributed by atoms with van der Waals surface area (Å²) in [7, 11) is 0. The highest BCUT2D eigenvalue weighted by molar-refractivity contribution is 5.63. The van der Waals surface area contributed by atoms with E-state index in [2.05, 4.69) is 12.1 Å². The maximum absolute atomic E-state index is 10.7. The standard InChI is InChI=1S/C38H42O6/c1-23-13-15-27(25(3)17-23)19-29-9-5-7-11-31(29)21-33(39)35(41)37(43)38(44)36(42)34(40)22-32-12-8-6-10-30(32)20-28-16-14-24(2)18-26(28)4/h5-22,31-32,35-44H,1-4H3/t31?,32?,35-,36+,37-,38-/m1/s1. The van der Waals surface area contributed by atoms with Gasteiger partial charge in [0.1, 0.15) is 35.9 Å². The Labute approximate surface area is 259 Å². The molecule has 0 spiro atoms. The van der Waals surface area contributed by atoms with Gasteiger partial charge in [0, 0.05) is 11.8 Å². The maximum Gasteiger partial charge on any atom is 0.139 e. The average Bonchev–Trinajstić information content (AvgIpc) is 3.00. The second kappa shape index (κ2) is 14.5. The highest BCUT2D eigenvalue weighted by atomic mass is 16.4. The van der Waals surface area contributed by atoms with Gasteiger partial charge in [-0.05, 0) is 73.2 Å². The fourth-order valence-electron chi connectivity index (χ4n) is 5.36. The largest absolute Gasteiger partial charge is 0.510 e. The topological polar surface area (TPSA) is 121 Å². The zero-order chi connectivity index (χ0) is 32.0. The van der Waals surface area contributed by atoms with E-state index in [-0.39, 0.29) is 0 Å². The number of aryl methyl sites for hydroxylation is 4. The average molecular weight is 595 g/mol. The summed E-state index contributed by atoms with van der Waals surface area (Å²) >= 11 is 0. The Bertz CT molecular complexity index is 1480. The van der Waals surface area contributed by atoms with E-state index >= 15 is 0 Å². The molecule has 0 bridgehead atoms. The van der Waals surface area contributed by atoms with E-state index in [1.807, 2.05) is 113 Å². The first kappa shape index (κ1) is 32.7. The molecule has 2 aliphatic carbocycles. The number of allylic oxidation sites excluding steroid dienone is 12. The Balaban J connectivity index is 1.48. The van der Waals surface area contributed by atoms with Crippen LogP contribution in [0.1, 0.15) is 33.4 Å². The van der Waals surface area contributed by atoms with Crippen molar-refractivity contribution in [3.05, 3.63) is 153 Å². The summed E-state index contributed by atoms with van der Waals surface area (Å²) in [6.45, 7) is 8.08. The van der Waals surface area contributed by atoms with Crippen molar-refractivity contribution >= 4 is 12.2 Å². The molecule has 0 heterocycles. The molecule has 6 heteroatoms. The SMILES string of the molecule is Cc1ccc(C=C2C=CC=CC2C=C(O)[C@@H](O)[C@@H](O)[C@H](O)[C@@H](O)C(O)=CC2C=CC=CC2=Cc2ccc(C)cc2C)c(C)c1. The molecule has 6 atom stereocenters. The first-order chi connectivity index (χ1) is 20.9. The Morgan fingerprint density at radius 1 is 0.591 bits per heavy atom. The van der Waals surface area contributed by atoms with Gasteiger partial charge in [-0.15, -0.1) is 0 Å². The van der Waals surface area contributed by atoms with E-state index in [0.717, 1.165) is 44.5 Å². The number of aliphatic hydroxyl groups excluding tert-OH is 6. The molecular weight excluding hydrogens is 552 g/mol. The first-order valence-electron chi connectivity index (χ1n) is 14.8. The molecule has 0 aromatic heterocycles. The van der Waals surface area contributed by atoms with Crippen molar-refractivity contribution in [3.63, 3.8) is 0 Å². The van der Waals surface area contributed by atoms with Crippen molar-refractivity contribution in [1.82, 2.24) is 0 Å². The second-order valence-corrected chi connectivity index (χ2v) is 11.6. The van der Waals surface area contributed by atoms with Gasteiger partial charge in [0.25, 0.3) is 0 Å². The van der Waals surface area contributed by atoms with Gasteiger partial charge in [0.15, 0.2) is 0 Å². The number of aliphatic hydroxyl groups is 6. The fourth-order valence-corrected chi connectivity index (χ4v) is 5.36. The predicted molar refractivity (Wildman–Crippen MR) is 177 cm³/mol. The molecule has 230 valence electrons. The van der Waals surface area contributed by atoms with Crippen LogP contribution in [0.5, 0.6) is 0 Å². The third-order valence-corrected chi connectivity index (χ3v) is 8.00. The molecule has 6 N–H and O–H groups in total. The zero-order valence-corrected chi connectivity index (χ0v) is 25.5. The molecular formula is C38H42O6. The summed E-state index contributed by atoms with van der Waals surface area (Å²) in [5, 5.41) is 64.3. The minimum Gasteiger partial charge on any atom is -0.510 e. The zero-order valence-electron chi connectivity index (χ0n) is 25.5. The Hall–Kier alpha value is -4.20. The van der Waals surface area contributed by atoms with Crippen LogP contribution in [0, 0.1) is 39.5 Å². The molecule has 6 nitrogen and oxygen atoms in total. The lowest BCUT2D eigenvalue weighted by Crippen LogP contribution is -2.46. The van der Waals surface area contributed by atoms with Gasteiger partial charge in [0.05, 0.1) is 0 Å². The van der Waals surface area contributed by atoms with Gasteiger partial charge in [-0.25, -0.2) is 0 Å². The lowest BCUT2D eigenvalue weighted by molar-refractivity contribution is -0.101. The number of rotatable bonds is 9. The molecule has 2 unspecified atom stereocenters. The molecule has 0 radical (unpaired) electrons. The molecule has 0 fully saturated rings. The molecule has 2 aromatic rings. The Morgan fingerprint density at radius 3 is 1.34 bits per heavy atom. The van der Waals surface area contributed by atoms with Crippen molar-refractivity contribution < 1.29 is 30.6 Å². The van der Waals surface area contributed by atoms with Crippen molar-refractivity contribution in [3.8, 4) is 0 Å². The van der Waals surface area contributed by atoms with Crippen LogP contribution in [-0.2, 0) is 0 Å². The van der Waals surface area contributed by atoms with Gasteiger partial charge in [-0.1, -0.05) is 108 Å². The van der Waals surface area contributed by atoms with E-state index in [0.29, 0.717) is 0 Å². The fraction of sp³-hybridized carbons (Fsp3) is 0.263. The van der Waals surface area contributed by atoms with Crippen molar-refractivity contribution in [2.45, 2.75) is 52.1 Å². The van der Waals surface area contributed by atoms with Crippen LogP contribution in [0.4, 0.5) is 0 Å². The van der Waals surface area contributed by atoms with Crippen LogP contribution in [0.2, 0.25) is 0 Å². The number of hydrogen-bond acceptors (Lipinski definition) is 6. The number of benzene rings is 2. The monoisotopic (exact) mass is 594 g/mol. The number of hydrogen-bond donors (Lipinski definition) is 6. The van der Waals surface area contributed by atoms with Crippen molar-refractivity contribution in [2.75, 3.05) is 0 Å². The second-order valence-electron chi connectivity index (χ2n) is 11.6. The minimum absolute atomic E-state index is 0.411. The molecule has 44 heavy (non-hydrogen) atoms. The summed E-state index contributed by atoms with van der Waals surface area (Å²) < 4.78 is 0. The molecule has 2 aliphatic rings. The third kappa shape index (κ3) is 8.04. The summed E-state index contributed by atoms with van der Waals surface area (Å²) in [5.41, 5.74) is 8.23. The molecule has 0 saturated heterocycles. The predicted octanol–water partition coefficient (Wildman–Crippen LogP) is 6.20. The quantitative estimate of drug-likeness (QED) is 0.192. The third-order valence-electron chi connectivity index (χ3n) is 8.00. The molecule has 0 saturated carbocycles. The smallest absolute Gasteiger partial charge is 0.139 e. The van der Waals surface area contributed by atoms with Gasteiger partial charge in [0.2, 0.25) is 0 Å². The van der Waals surface area contributed by atoms with E-state index in [1.54, 1.807) is 0 Å². The van der Waals surface area contributed by atoms with Gasteiger partial charge >= 0.3 is 0 Å².